The highest BCUT2D eigenvalue weighted by molar-refractivity contribution is 5.94. The van der Waals surface area contributed by atoms with E-state index in [1.807, 2.05) is 31.3 Å². The summed E-state index contributed by atoms with van der Waals surface area (Å²) in [6, 6.07) is 15.8. The first-order chi connectivity index (χ1) is 11.0. The molecule has 0 spiro atoms. The monoisotopic (exact) mass is 309 g/mol. The van der Waals surface area contributed by atoms with Crippen LogP contribution in [0.5, 0.6) is 0 Å². The fourth-order valence-corrected chi connectivity index (χ4v) is 2.80. The molecule has 0 bridgehead atoms. The summed E-state index contributed by atoms with van der Waals surface area (Å²) in [6.07, 6.45) is 0. The van der Waals surface area contributed by atoms with Crippen LogP contribution in [0, 0.1) is 0 Å². The maximum absolute atomic E-state index is 12.0. The molecular formula is C18H19N3O2. The van der Waals surface area contributed by atoms with E-state index in [9.17, 15) is 9.59 Å². The molecule has 0 saturated carbocycles. The summed E-state index contributed by atoms with van der Waals surface area (Å²) in [5.74, 6) is 0. The molecule has 0 aliphatic rings. The molecule has 5 heteroatoms. The van der Waals surface area contributed by atoms with E-state index in [4.69, 9.17) is 0 Å². The van der Waals surface area contributed by atoms with Gasteiger partial charge in [-0.1, -0.05) is 36.4 Å². The summed E-state index contributed by atoms with van der Waals surface area (Å²) in [7, 11) is 5.14. The molecule has 0 saturated heterocycles. The zero-order valence-corrected chi connectivity index (χ0v) is 13.5. The Bertz CT molecular complexity index is 980. The number of hydrogen-bond acceptors (Lipinski definition) is 3. The first-order valence-corrected chi connectivity index (χ1v) is 7.44. The molecule has 0 aliphatic carbocycles. The van der Waals surface area contributed by atoms with Crippen molar-refractivity contribution in [1.82, 2.24) is 9.13 Å². The van der Waals surface area contributed by atoms with Crippen molar-refractivity contribution in [2.75, 3.05) is 11.9 Å². The maximum atomic E-state index is 12.0. The van der Waals surface area contributed by atoms with Crippen LogP contribution in [0.2, 0.25) is 0 Å². The molecule has 2 aromatic carbocycles. The Kier molecular flexibility index (Phi) is 3.78. The minimum atomic E-state index is -0.307. The van der Waals surface area contributed by atoms with E-state index in [2.05, 4.69) is 23.1 Å². The smallest absolute Gasteiger partial charge is 0.330 e. The molecule has 0 radical (unpaired) electrons. The second-order valence-corrected chi connectivity index (χ2v) is 5.73. The van der Waals surface area contributed by atoms with Crippen LogP contribution in [0.3, 0.4) is 0 Å². The molecule has 0 aliphatic heterocycles. The first kappa shape index (κ1) is 15.1. The SMILES string of the molecule is CN(Cc1cc(=O)n(C)c(=O)n1C)c1cccc2ccccc12. The molecule has 5 nitrogen and oxygen atoms in total. The minimum absolute atomic E-state index is 0.283. The third-order valence-corrected chi connectivity index (χ3v) is 4.20. The lowest BCUT2D eigenvalue weighted by molar-refractivity contribution is 0.644. The van der Waals surface area contributed by atoms with Crippen LogP contribution in [0.4, 0.5) is 5.69 Å². The number of fused-ring (bicyclic) bond motifs is 1. The predicted octanol–water partition coefficient (Wildman–Crippen LogP) is 1.87. The van der Waals surface area contributed by atoms with E-state index in [0.717, 1.165) is 21.0 Å². The number of nitrogens with zero attached hydrogens (tertiary/aromatic N) is 3. The van der Waals surface area contributed by atoms with Crippen LogP contribution in [-0.4, -0.2) is 16.2 Å². The molecule has 23 heavy (non-hydrogen) atoms. The van der Waals surface area contributed by atoms with Crippen molar-refractivity contribution < 1.29 is 0 Å². The highest BCUT2D eigenvalue weighted by Crippen LogP contribution is 2.26. The van der Waals surface area contributed by atoms with E-state index in [1.54, 1.807) is 7.05 Å². The van der Waals surface area contributed by atoms with Gasteiger partial charge in [0.15, 0.2) is 0 Å². The standard InChI is InChI=1S/C18H19N3O2/c1-19(12-14-11-17(22)21(3)18(23)20(14)2)16-10-6-8-13-7-4-5-9-15(13)16/h4-11H,12H2,1-3H3. The fourth-order valence-electron chi connectivity index (χ4n) is 2.80. The normalized spacial score (nSPS) is 10.9. The molecule has 0 fully saturated rings. The molecule has 118 valence electrons. The first-order valence-electron chi connectivity index (χ1n) is 7.44. The number of anilines is 1. The Balaban J connectivity index is 2.04. The van der Waals surface area contributed by atoms with E-state index >= 15 is 0 Å². The molecule has 1 heterocycles. The van der Waals surface area contributed by atoms with Crippen LogP contribution in [-0.2, 0) is 20.6 Å². The fraction of sp³-hybridized carbons (Fsp3) is 0.222. The van der Waals surface area contributed by atoms with Gasteiger partial charge in [0.05, 0.1) is 6.54 Å². The lowest BCUT2D eigenvalue weighted by atomic mass is 10.1. The number of rotatable bonds is 3. The molecule has 0 N–H and O–H groups in total. The van der Waals surface area contributed by atoms with Gasteiger partial charge in [-0.2, -0.15) is 0 Å². The summed E-state index contributed by atoms with van der Waals surface area (Å²) < 4.78 is 2.63. The van der Waals surface area contributed by atoms with Gasteiger partial charge < -0.3 is 4.90 Å². The number of benzene rings is 2. The summed E-state index contributed by atoms with van der Waals surface area (Å²) >= 11 is 0. The number of aromatic nitrogens is 2. The van der Waals surface area contributed by atoms with E-state index in [0.29, 0.717) is 12.2 Å². The number of hydrogen-bond donors (Lipinski definition) is 0. The second-order valence-electron chi connectivity index (χ2n) is 5.73. The quantitative estimate of drug-likeness (QED) is 0.742. The van der Waals surface area contributed by atoms with Gasteiger partial charge in [-0.05, 0) is 11.5 Å². The van der Waals surface area contributed by atoms with E-state index in [1.165, 1.54) is 17.7 Å². The average Bonchev–Trinajstić information content (AvgIpc) is 2.57. The maximum Gasteiger partial charge on any atom is 0.330 e. The lowest BCUT2D eigenvalue weighted by Gasteiger charge is -2.22. The van der Waals surface area contributed by atoms with Gasteiger partial charge in [-0.15, -0.1) is 0 Å². The summed E-state index contributed by atoms with van der Waals surface area (Å²) in [5.41, 5.74) is 1.16. The van der Waals surface area contributed by atoms with Gasteiger partial charge in [0, 0.05) is 44.0 Å². The van der Waals surface area contributed by atoms with Crippen molar-refractivity contribution in [2.45, 2.75) is 6.54 Å². The molecule has 0 atom stereocenters. The van der Waals surface area contributed by atoms with Gasteiger partial charge in [0.1, 0.15) is 0 Å². The zero-order valence-electron chi connectivity index (χ0n) is 13.5. The van der Waals surface area contributed by atoms with Crippen LogP contribution in [0.25, 0.3) is 10.8 Å². The molecule has 1 aromatic heterocycles. The Morgan fingerprint density at radius 2 is 1.65 bits per heavy atom. The third-order valence-electron chi connectivity index (χ3n) is 4.20. The van der Waals surface area contributed by atoms with Crippen LogP contribution < -0.4 is 16.1 Å². The molecule has 3 rings (SSSR count). The van der Waals surface area contributed by atoms with Gasteiger partial charge in [-0.3, -0.25) is 13.9 Å². The Labute approximate surface area is 134 Å². The molecular weight excluding hydrogens is 290 g/mol. The van der Waals surface area contributed by atoms with Crippen LogP contribution >= 0.6 is 0 Å². The summed E-state index contributed by atoms with van der Waals surface area (Å²) in [5, 5.41) is 2.31. The largest absolute Gasteiger partial charge is 0.368 e. The van der Waals surface area contributed by atoms with E-state index < -0.39 is 0 Å². The molecule has 0 unspecified atom stereocenters. The highest BCUT2D eigenvalue weighted by atomic mass is 16.2. The second kappa shape index (κ2) is 5.76. The van der Waals surface area contributed by atoms with Crippen molar-refractivity contribution in [3.8, 4) is 0 Å². The van der Waals surface area contributed by atoms with Crippen molar-refractivity contribution in [1.29, 1.82) is 0 Å². The molecule has 0 amide bonds. The Morgan fingerprint density at radius 1 is 0.957 bits per heavy atom. The summed E-state index contributed by atoms with van der Waals surface area (Å²) in [6.45, 7) is 0.482. The van der Waals surface area contributed by atoms with Crippen LogP contribution in [0.1, 0.15) is 5.69 Å². The Hall–Kier alpha value is -2.82. The van der Waals surface area contributed by atoms with E-state index in [-0.39, 0.29) is 11.2 Å². The third kappa shape index (κ3) is 2.65. The average molecular weight is 309 g/mol. The lowest BCUT2D eigenvalue weighted by Crippen LogP contribution is -2.39. The Morgan fingerprint density at radius 3 is 2.43 bits per heavy atom. The minimum Gasteiger partial charge on any atom is -0.368 e. The summed E-state index contributed by atoms with van der Waals surface area (Å²) in [4.78, 5) is 26.0. The topological polar surface area (TPSA) is 47.2 Å². The van der Waals surface area contributed by atoms with Gasteiger partial charge in [-0.25, -0.2) is 4.79 Å². The van der Waals surface area contributed by atoms with Crippen molar-refractivity contribution in [3.63, 3.8) is 0 Å². The van der Waals surface area contributed by atoms with Crippen molar-refractivity contribution in [3.05, 3.63) is 75.1 Å². The van der Waals surface area contributed by atoms with Gasteiger partial charge in [0.25, 0.3) is 5.56 Å². The van der Waals surface area contributed by atoms with Crippen molar-refractivity contribution >= 4 is 16.5 Å². The van der Waals surface area contributed by atoms with Crippen molar-refractivity contribution in [2.24, 2.45) is 14.1 Å². The predicted molar refractivity (Wildman–Crippen MR) is 93.0 cm³/mol. The van der Waals surface area contributed by atoms with Gasteiger partial charge in [0.2, 0.25) is 0 Å². The van der Waals surface area contributed by atoms with Crippen LogP contribution in [0.15, 0.2) is 58.1 Å². The van der Waals surface area contributed by atoms with Gasteiger partial charge >= 0.3 is 5.69 Å². The molecule has 3 aromatic rings. The highest BCUT2D eigenvalue weighted by Gasteiger charge is 2.11. The zero-order chi connectivity index (χ0) is 16.6.